The Morgan fingerprint density at radius 3 is 2.81 bits per heavy atom. The van der Waals surface area contributed by atoms with E-state index in [1.165, 1.54) is 0 Å². The van der Waals surface area contributed by atoms with Gasteiger partial charge >= 0.3 is 0 Å². The van der Waals surface area contributed by atoms with Gasteiger partial charge in [0.15, 0.2) is 11.5 Å². The Labute approximate surface area is 98.5 Å². The molecule has 0 saturated heterocycles. The fraction of sp³-hybridized carbons (Fsp3) is 0.364. The van der Waals surface area contributed by atoms with Crippen molar-refractivity contribution in [3.8, 4) is 11.5 Å². The second kappa shape index (κ2) is 5.07. The number of anilines is 1. The number of carbonyl (C=O) groups is 1. The maximum atomic E-state index is 11.3. The minimum Gasteiger partial charge on any atom is -0.486 e. The lowest BCUT2D eigenvalue weighted by atomic mass is 10.2. The first-order valence-electron chi connectivity index (χ1n) is 5.05. The first-order valence-corrected chi connectivity index (χ1v) is 5.58. The third kappa shape index (κ3) is 2.58. The van der Waals surface area contributed by atoms with Crippen molar-refractivity contribution in [2.45, 2.75) is 6.42 Å². The van der Waals surface area contributed by atoms with Crippen LogP contribution in [-0.2, 0) is 4.79 Å². The second-order valence-corrected chi connectivity index (χ2v) is 3.72. The summed E-state index contributed by atoms with van der Waals surface area (Å²) in [5.74, 6) is 1.58. The fourth-order valence-corrected chi connectivity index (χ4v) is 1.60. The highest BCUT2D eigenvalue weighted by molar-refractivity contribution is 6.19. The molecule has 0 spiro atoms. The summed E-state index contributed by atoms with van der Waals surface area (Å²) in [7, 11) is 0. The van der Waals surface area contributed by atoms with Crippen molar-refractivity contribution in [2.75, 3.05) is 24.4 Å². The number of nitrogens with one attached hydrogen (secondary N) is 1. The lowest BCUT2D eigenvalue weighted by Gasteiger charge is -2.18. The Hall–Kier alpha value is -1.42. The molecule has 86 valence electrons. The molecule has 0 fully saturated rings. The number of halogens is 1. The highest BCUT2D eigenvalue weighted by Gasteiger charge is 2.12. The van der Waals surface area contributed by atoms with Crippen LogP contribution in [0.1, 0.15) is 6.42 Å². The van der Waals surface area contributed by atoms with Gasteiger partial charge in [0, 0.05) is 24.1 Å². The van der Waals surface area contributed by atoms with Crippen LogP contribution in [-0.4, -0.2) is 25.0 Å². The van der Waals surface area contributed by atoms with Crippen LogP contribution in [0.2, 0.25) is 0 Å². The Bertz CT molecular complexity index is 395. The van der Waals surface area contributed by atoms with E-state index >= 15 is 0 Å². The molecule has 1 aromatic carbocycles. The minimum atomic E-state index is -0.105. The van der Waals surface area contributed by atoms with Gasteiger partial charge in [0.2, 0.25) is 5.91 Å². The number of benzene rings is 1. The predicted molar refractivity (Wildman–Crippen MR) is 61.4 cm³/mol. The molecule has 5 heteroatoms. The molecule has 0 bridgehead atoms. The molecule has 0 radical (unpaired) electrons. The van der Waals surface area contributed by atoms with E-state index in [9.17, 15) is 4.79 Å². The lowest BCUT2D eigenvalue weighted by molar-refractivity contribution is -0.115. The number of hydrogen-bond acceptors (Lipinski definition) is 3. The van der Waals surface area contributed by atoms with Gasteiger partial charge in [-0.25, -0.2) is 0 Å². The number of amides is 1. The molecule has 4 nitrogen and oxygen atoms in total. The Kier molecular flexibility index (Phi) is 3.51. The van der Waals surface area contributed by atoms with Crippen molar-refractivity contribution >= 4 is 23.2 Å². The van der Waals surface area contributed by atoms with E-state index in [0.717, 1.165) is 0 Å². The summed E-state index contributed by atoms with van der Waals surface area (Å²) in [6, 6.07) is 5.31. The van der Waals surface area contributed by atoms with E-state index in [2.05, 4.69) is 5.32 Å². The molecule has 1 aliphatic heterocycles. The van der Waals surface area contributed by atoms with Crippen molar-refractivity contribution in [3.63, 3.8) is 0 Å². The summed E-state index contributed by atoms with van der Waals surface area (Å²) >= 11 is 5.47. The summed E-state index contributed by atoms with van der Waals surface area (Å²) in [6.07, 6.45) is 0.302. The SMILES string of the molecule is O=C(CCCl)Nc1ccc2c(c1)OCCO2. The molecule has 16 heavy (non-hydrogen) atoms. The van der Waals surface area contributed by atoms with Gasteiger partial charge < -0.3 is 14.8 Å². The molecular formula is C11H12ClNO3. The molecule has 1 aromatic rings. The smallest absolute Gasteiger partial charge is 0.225 e. The largest absolute Gasteiger partial charge is 0.486 e. The average molecular weight is 242 g/mol. The van der Waals surface area contributed by atoms with Crippen molar-refractivity contribution in [2.24, 2.45) is 0 Å². The third-order valence-electron chi connectivity index (χ3n) is 2.15. The van der Waals surface area contributed by atoms with Crippen LogP contribution in [0.25, 0.3) is 0 Å². The quantitative estimate of drug-likeness (QED) is 0.824. The zero-order valence-corrected chi connectivity index (χ0v) is 9.42. The summed E-state index contributed by atoms with van der Waals surface area (Å²) < 4.78 is 10.8. The predicted octanol–water partition coefficient (Wildman–Crippen LogP) is 2.03. The molecule has 0 aromatic heterocycles. The van der Waals surface area contributed by atoms with Crippen LogP contribution in [0.15, 0.2) is 18.2 Å². The third-order valence-corrected chi connectivity index (χ3v) is 2.34. The van der Waals surface area contributed by atoms with Gasteiger partial charge in [-0.2, -0.15) is 0 Å². The van der Waals surface area contributed by atoms with E-state index in [1.807, 2.05) is 0 Å². The fourth-order valence-electron chi connectivity index (χ4n) is 1.43. The molecular weight excluding hydrogens is 230 g/mol. The van der Waals surface area contributed by atoms with Crippen molar-refractivity contribution < 1.29 is 14.3 Å². The number of alkyl halides is 1. The first-order chi connectivity index (χ1) is 7.79. The van der Waals surface area contributed by atoms with Gasteiger partial charge in [-0.1, -0.05) is 0 Å². The van der Waals surface area contributed by atoms with Crippen molar-refractivity contribution in [1.82, 2.24) is 0 Å². The summed E-state index contributed by atoms with van der Waals surface area (Å²) in [4.78, 5) is 11.3. The van der Waals surface area contributed by atoms with Gasteiger partial charge in [0.05, 0.1) is 0 Å². The van der Waals surface area contributed by atoms with Crippen LogP contribution in [0.5, 0.6) is 11.5 Å². The average Bonchev–Trinajstić information content (AvgIpc) is 2.29. The molecule has 0 saturated carbocycles. The minimum absolute atomic E-state index is 0.105. The topological polar surface area (TPSA) is 47.6 Å². The Balaban J connectivity index is 2.08. The number of hydrogen-bond donors (Lipinski definition) is 1. The van der Waals surface area contributed by atoms with Gasteiger partial charge in [-0.3, -0.25) is 4.79 Å². The maximum absolute atomic E-state index is 11.3. The summed E-state index contributed by atoms with van der Waals surface area (Å²) in [5.41, 5.74) is 0.694. The maximum Gasteiger partial charge on any atom is 0.225 e. The van der Waals surface area contributed by atoms with Crippen LogP contribution in [0, 0.1) is 0 Å². The van der Waals surface area contributed by atoms with Crippen LogP contribution >= 0.6 is 11.6 Å². The Morgan fingerprint density at radius 2 is 2.06 bits per heavy atom. The monoisotopic (exact) mass is 241 g/mol. The molecule has 1 heterocycles. The molecule has 0 atom stereocenters. The molecule has 1 amide bonds. The molecule has 1 N–H and O–H groups in total. The van der Waals surface area contributed by atoms with Crippen molar-refractivity contribution in [3.05, 3.63) is 18.2 Å². The van der Waals surface area contributed by atoms with E-state index < -0.39 is 0 Å². The van der Waals surface area contributed by atoms with Gasteiger partial charge in [0.1, 0.15) is 13.2 Å². The standard InChI is InChI=1S/C11H12ClNO3/c12-4-3-11(14)13-8-1-2-9-10(7-8)16-6-5-15-9/h1-2,7H,3-6H2,(H,13,14). The zero-order valence-electron chi connectivity index (χ0n) is 8.66. The summed E-state index contributed by atoms with van der Waals surface area (Å²) in [5, 5.41) is 2.73. The molecule has 1 aliphatic rings. The van der Waals surface area contributed by atoms with Crippen molar-refractivity contribution in [1.29, 1.82) is 0 Å². The highest BCUT2D eigenvalue weighted by atomic mass is 35.5. The Morgan fingerprint density at radius 1 is 1.31 bits per heavy atom. The zero-order chi connectivity index (χ0) is 11.4. The molecule has 0 aliphatic carbocycles. The van der Waals surface area contributed by atoms with Gasteiger partial charge in [-0.05, 0) is 12.1 Å². The highest BCUT2D eigenvalue weighted by Crippen LogP contribution is 2.32. The summed E-state index contributed by atoms with van der Waals surface area (Å²) in [6.45, 7) is 1.09. The molecule has 0 unspecified atom stereocenters. The van der Waals surface area contributed by atoms with Gasteiger partial charge in [0.25, 0.3) is 0 Å². The number of rotatable bonds is 3. The second-order valence-electron chi connectivity index (χ2n) is 3.35. The van der Waals surface area contributed by atoms with E-state index in [0.29, 0.717) is 42.7 Å². The number of carbonyl (C=O) groups excluding carboxylic acids is 1. The van der Waals surface area contributed by atoms with E-state index in [1.54, 1.807) is 18.2 Å². The number of fused-ring (bicyclic) bond motifs is 1. The van der Waals surface area contributed by atoms with Crippen LogP contribution in [0.3, 0.4) is 0 Å². The normalized spacial score (nSPS) is 13.3. The van der Waals surface area contributed by atoms with E-state index in [-0.39, 0.29) is 5.91 Å². The van der Waals surface area contributed by atoms with E-state index in [4.69, 9.17) is 21.1 Å². The number of ether oxygens (including phenoxy) is 2. The van der Waals surface area contributed by atoms with Gasteiger partial charge in [-0.15, -0.1) is 11.6 Å². The van der Waals surface area contributed by atoms with Crippen LogP contribution < -0.4 is 14.8 Å². The lowest BCUT2D eigenvalue weighted by Crippen LogP contribution is -2.16. The van der Waals surface area contributed by atoms with Crippen LogP contribution in [0.4, 0.5) is 5.69 Å². The first kappa shape index (κ1) is 11.1. The molecule has 2 rings (SSSR count).